The number of hydrogen-bond donors (Lipinski definition) is 0. The van der Waals surface area contributed by atoms with Crippen LogP contribution >= 0.6 is 0 Å². The molecule has 0 aromatic carbocycles. The first-order valence-corrected chi connectivity index (χ1v) is 3.77. The Hall–Kier alpha value is -1.04. The molecular formula is C8H15N3. The summed E-state index contributed by atoms with van der Waals surface area (Å²) >= 11 is 0. The molecule has 1 unspecified atom stereocenters. The normalized spacial score (nSPS) is 13.9. The van der Waals surface area contributed by atoms with E-state index in [2.05, 4.69) is 18.8 Å². The van der Waals surface area contributed by atoms with Crippen molar-refractivity contribution in [2.24, 2.45) is 10.9 Å². The fourth-order valence-corrected chi connectivity index (χ4v) is 0.885. The summed E-state index contributed by atoms with van der Waals surface area (Å²) in [7, 11) is 3.81. The predicted octanol–water partition coefficient (Wildman–Crippen LogP) is 1.47. The Kier molecular flexibility index (Phi) is 4.28. The third-order valence-electron chi connectivity index (χ3n) is 1.68. The van der Waals surface area contributed by atoms with Crippen molar-refractivity contribution in [2.45, 2.75) is 20.3 Å². The van der Waals surface area contributed by atoms with Crippen LogP contribution in [0.15, 0.2) is 4.99 Å². The molecule has 0 amide bonds. The van der Waals surface area contributed by atoms with Crippen LogP contribution in [0.1, 0.15) is 20.3 Å². The van der Waals surface area contributed by atoms with Gasteiger partial charge in [-0.2, -0.15) is 10.3 Å². The summed E-state index contributed by atoms with van der Waals surface area (Å²) in [4.78, 5) is 5.63. The van der Waals surface area contributed by atoms with Gasteiger partial charge in [-0.25, -0.2) is 0 Å². The third kappa shape index (κ3) is 3.03. The van der Waals surface area contributed by atoms with Gasteiger partial charge in [0.25, 0.3) is 0 Å². The summed E-state index contributed by atoms with van der Waals surface area (Å²) in [6, 6.07) is 0. The van der Waals surface area contributed by atoms with Crippen molar-refractivity contribution in [3.63, 3.8) is 0 Å². The molecule has 0 aliphatic carbocycles. The first-order valence-electron chi connectivity index (χ1n) is 3.77. The van der Waals surface area contributed by atoms with Crippen molar-refractivity contribution >= 4 is 5.84 Å². The summed E-state index contributed by atoms with van der Waals surface area (Å²) in [6.45, 7) is 4.15. The zero-order valence-electron chi connectivity index (χ0n) is 7.63. The Morgan fingerprint density at radius 3 is 2.45 bits per heavy atom. The van der Waals surface area contributed by atoms with E-state index in [-0.39, 0.29) is 0 Å². The summed E-state index contributed by atoms with van der Waals surface area (Å²) in [5.41, 5.74) is 0. The van der Waals surface area contributed by atoms with E-state index in [4.69, 9.17) is 5.26 Å². The quantitative estimate of drug-likeness (QED) is 0.342. The smallest absolute Gasteiger partial charge is 0.207 e. The predicted molar refractivity (Wildman–Crippen MR) is 46.2 cm³/mol. The highest BCUT2D eigenvalue weighted by atomic mass is 15.1. The second-order valence-electron chi connectivity index (χ2n) is 2.77. The average Bonchev–Trinajstić information content (AvgIpc) is 1.98. The molecule has 0 bridgehead atoms. The van der Waals surface area contributed by atoms with Crippen LogP contribution in [0.4, 0.5) is 0 Å². The van der Waals surface area contributed by atoms with Crippen molar-refractivity contribution in [1.29, 1.82) is 5.26 Å². The van der Waals surface area contributed by atoms with E-state index in [1.165, 1.54) is 0 Å². The molecule has 0 aliphatic rings. The lowest BCUT2D eigenvalue weighted by molar-refractivity contribution is 0.553. The van der Waals surface area contributed by atoms with Gasteiger partial charge < -0.3 is 4.90 Å². The molecule has 3 nitrogen and oxygen atoms in total. The Morgan fingerprint density at radius 2 is 2.18 bits per heavy atom. The first-order chi connectivity index (χ1) is 5.13. The van der Waals surface area contributed by atoms with E-state index in [0.29, 0.717) is 5.92 Å². The van der Waals surface area contributed by atoms with E-state index >= 15 is 0 Å². The molecule has 0 fully saturated rings. The number of nitriles is 1. The van der Waals surface area contributed by atoms with Crippen LogP contribution in [0.25, 0.3) is 0 Å². The van der Waals surface area contributed by atoms with Gasteiger partial charge in [0.15, 0.2) is 0 Å². The van der Waals surface area contributed by atoms with E-state index in [1.54, 1.807) is 0 Å². The second kappa shape index (κ2) is 4.73. The van der Waals surface area contributed by atoms with Gasteiger partial charge in [0.05, 0.1) is 0 Å². The molecule has 0 N–H and O–H groups in total. The zero-order chi connectivity index (χ0) is 8.85. The molecule has 0 rings (SSSR count). The van der Waals surface area contributed by atoms with Gasteiger partial charge in [0, 0.05) is 20.0 Å². The van der Waals surface area contributed by atoms with Crippen LogP contribution < -0.4 is 0 Å². The van der Waals surface area contributed by atoms with Crippen LogP contribution in [0.2, 0.25) is 0 Å². The van der Waals surface area contributed by atoms with Gasteiger partial charge in [-0.15, -0.1) is 0 Å². The van der Waals surface area contributed by atoms with Crippen molar-refractivity contribution < 1.29 is 0 Å². The second-order valence-corrected chi connectivity index (χ2v) is 2.77. The molecule has 0 aromatic heterocycles. The Balaban J connectivity index is 4.37. The molecule has 0 aliphatic heterocycles. The Bertz CT molecular complexity index is 176. The minimum Gasteiger partial charge on any atom is -0.365 e. The van der Waals surface area contributed by atoms with E-state index < -0.39 is 0 Å². The highest BCUT2D eigenvalue weighted by Crippen LogP contribution is 2.05. The van der Waals surface area contributed by atoms with Gasteiger partial charge in [-0.1, -0.05) is 13.8 Å². The molecule has 0 aromatic rings. The monoisotopic (exact) mass is 153 g/mol. The highest BCUT2D eigenvalue weighted by molar-refractivity contribution is 5.84. The van der Waals surface area contributed by atoms with Crippen LogP contribution in [-0.2, 0) is 0 Å². The van der Waals surface area contributed by atoms with Crippen molar-refractivity contribution in [2.75, 3.05) is 14.1 Å². The average molecular weight is 153 g/mol. The molecule has 0 spiro atoms. The van der Waals surface area contributed by atoms with Crippen LogP contribution in [0.3, 0.4) is 0 Å². The van der Waals surface area contributed by atoms with Crippen LogP contribution in [-0.4, -0.2) is 24.8 Å². The Morgan fingerprint density at radius 1 is 1.64 bits per heavy atom. The largest absolute Gasteiger partial charge is 0.365 e. The minimum absolute atomic E-state index is 0.365. The number of hydrogen-bond acceptors (Lipinski definition) is 2. The van der Waals surface area contributed by atoms with Crippen LogP contribution in [0.5, 0.6) is 0 Å². The molecule has 62 valence electrons. The molecule has 0 saturated heterocycles. The maximum absolute atomic E-state index is 8.37. The molecule has 11 heavy (non-hydrogen) atoms. The van der Waals surface area contributed by atoms with Gasteiger partial charge >= 0.3 is 0 Å². The van der Waals surface area contributed by atoms with Crippen molar-refractivity contribution in [1.82, 2.24) is 4.90 Å². The maximum atomic E-state index is 8.37. The Labute approximate surface area is 68.3 Å². The number of nitrogens with zero attached hydrogens (tertiary/aromatic N) is 3. The number of rotatable bonds is 2. The lowest BCUT2D eigenvalue weighted by atomic mass is 10.1. The van der Waals surface area contributed by atoms with Gasteiger partial charge in [0.2, 0.25) is 6.19 Å². The molecule has 1 atom stereocenters. The molecule has 3 heteroatoms. The molecule has 0 radical (unpaired) electrons. The standard InChI is InChI=1S/C8H15N3/c1-5-7(2)8(10-6-9)11(3)4/h7H,5H2,1-4H3. The third-order valence-corrected chi connectivity index (χ3v) is 1.68. The highest BCUT2D eigenvalue weighted by Gasteiger charge is 2.09. The number of amidine groups is 1. The van der Waals surface area contributed by atoms with Crippen LogP contribution in [0, 0.1) is 17.4 Å². The van der Waals surface area contributed by atoms with E-state index in [1.807, 2.05) is 25.2 Å². The van der Waals surface area contributed by atoms with Crippen molar-refractivity contribution in [3.05, 3.63) is 0 Å². The molecule has 0 heterocycles. The van der Waals surface area contributed by atoms with Crippen molar-refractivity contribution in [3.8, 4) is 6.19 Å². The summed E-state index contributed by atoms with van der Waals surface area (Å²) in [5, 5.41) is 8.37. The topological polar surface area (TPSA) is 39.4 Å². The van der Waals surface area contributed by atoms with Gasteiger partial charge in [-0.3, -0.25) is 0 Å². The summed E-state index contributed by atoms with van der Waals surface area (Å²) in [5.74, 6) is 1.22. The first kappa shape index (κ1) is 9.96. The summed E-state index contributed by atoms with van der Waals surface area (Å²) in [6.07, 6.45) is 2.82. The molecular weight excluding hydrogens is 138 g/mol. The van der Waals surface area contributed by atoms with Gasteiger partial charge in [-0.05, 0) is 6.42 Å². The van der Waals surface area contributed by atoms with E-state index in [9.17, 15) is 0 Å². The maximum Gasteiger partial charge on any atom is 0.207 e. The molecule has 0 saturated carbocycles. The minimum atomic E-state index is 0.365. The lowest BCUT2D eigenvalue weighted by Gasteiger charge is -2.18. The van der Waals surface area contributed by atoms with E-state index in [0.717, 1.165) is 12.3 Å². The fourth-order valence-electron chi connectivity index (χ4n) is 0.885. The number of aliphatic imine (C=N–C) groups is 1. The fraction of sp³-hybridized carbons (Fsp3) is 0.750. The zero-order valence-corrected chi connectivity index (χ0v) is 7.63. The lowest BCUT2D eigenvalue weighted by Crippen LogP contribution is -2.27. The SMILES string of the molecule is CCC(C)C(=NC#N)N(C)C. The van der Waals surface area contributed by atoms with Gasteiger partial charge in [0.1, 0.15) is 5.84 Å². The summed E-state index contributed by atoms with van der Waals surface area (Å²) < 4.78 is 0.